The summed E-state index contributed by atoms with van der Waals surface area (Å²) in [6.45, 7) is 1.28. The molecule has 2 saturated carbocycles. The molecule has 1 unspecified atom stereocenters. The van der Waals surface area contributed by atoms with Crippen molar-refractivity contribution in [2.45, 2.75) is 76.7 Å². The van der Waals surface area contributed by atoms with Crippen molar-refractivity contribution in [3.05, 3.63) is 0 Å². The number of aliphatic hydroxyl groups excluding tert-OH is 1. The number of nitrogens with one attached hydrogen (secondary N) is 1. The summed E-state index contributed by atoms with van der Waals surface area (Å²) in [6.07, 6.45) is 11.7. The molecule has 0 bridgehead atoms. The Morgan fingerprint density at radius 3 is 2.46 bits per heavy atom. The molecule has 2 amide bonds. The number of hydrogen-bond donors (Lipinski definition) is 2. The summed E-state index contributed by atoms with van der Waals surface area (Å²) in [7, 11) is 0. The lowest BCUT2D eigenvalue weighted by Crippen LogP contribution is -2.44. The lowest BCUT2D eigenvalue weighted by atomic mass is 9.74. The van der Waals surface area contributed by atoms with Gasteiger partial charge in [-0.15, -0.1) is 0 Å². The van der Waals surface area contributed by atoms with Crippen LogP contribution in [0.3, 0.4) is 0 Å². The molecular formula is C19H32N2O3. The van der Waals surface area contributed by atoms with Crippen LogP contribution in [0, 0.1) is 11.3 Å². The van der Waals surface area contributed by atoms with Crippen molar-refractivity contribution in [1.29, 1.82) is 0 Å². The normalized spacial score (nSPS) is 28.1. The fraction of sp³-hybridized carbons (Fsp3) is 0.895. The van der Waals surface area contributed by atoms with Gasteiger partial charge in [-0.05, 0) is 25.7 Å². The summed E-state index contributed by atoms with van der Waals surface area (Å²) in [4.78, 5) is 26.8. The third-order valence-corrected chi connectivity index (χ3v) is 6.43. The van der Waals surface area contributed by atoms with Crippen LogP contribution in [0.4, 0.5) is 0 Å². The topological polar surface area (TPSA) is 69.6 Å². The van der Waals surface area contributed by atoms with E-state index in [9.17, 15) is 14.7 Å². The summed E-state index contributed by atoms with van der Waals surface area (Å²) in [5.74, 6) is -0.0598. The average molecular weight is 336 g/mol. The quantitative estimate of drug-likeness (QED) is 0.809. The predicted molar refractivity (Wildman–Crippen MR) is 92.3 cm³/mol. The van der Waals surface area contributed by atoms with E-state index in [0.717, 1.165) is 38.5 Å². The lowest BCUT2D eigenvalue weighted by Gasteiger charge is -2.36. The van der Waals surface area contributed by atoms with Gasteiger partial charge in [0.15, 0.2) is 0 Å². The van der Waals surface area contributed by atoms with Gasteiger partial charge < -0.3 is 15.3 Å². The van der Waals surface area contributed by atoms with Crippen LogP contribution in [-0.4, -0.2) is 47.6 Å². The maximum atomic E-state index is 12.5. The summed E-state index contributed by atoms with van der Waals surface area (Å²) in [5.41, 5.74) is -0.139. The SMILES string of the molecule is O=C(NCC1(CO)CCCCC1)C1CC(=O)N(C2CCCCC2)C1. The van der Waals surface area contributed by atoms with Crippen LogP contribution in [-0.2, 0) is 9.59 Å². The van der Waals surface area contributed by atoms with Gasteiger partial charge in [0.2, 0.25) is 11.8 Å². The van der Waals surface area contributed by atoms with E-state index in [4.69, 9.17) is 0 Å². The van der Waals surface area contributed by atoms with Crippen LogP contribution >= 0.6 is 0 Å². The predicted octanol–water partition coefficient (Wildman–Crippen LogP) is 2.23. The molecular weight excluding hydrogens is 304 g/mol. The molecule has 0 spiro atoms. The van der Waals surface area contributed by atoms with Gasteiger partial charge in [0.05, 0.1) is 12.5 Å². The number of rotatable bonds is 5. The van der Waals surface area contributed by atoms with Crippen molar-refractivity contribution in [2.24, 2.45) is 11.3 Å². The van der Waals surface area contributed by atoms with E-state index >= 15 is 0 Å². The van der Waals surface area contributed by atoms with E-state index in [0.29, 0.717) is 25.6 Å². The molecule has 1 heterocycles. The van der Waals surface area contributed by atoms with Crippen molar-refractivity contribution in [3.8, 4) is 0 Å². The minimum Gasteiger partial charge on any atom is -0.396 e. The maximum absolute atomic E-state index is 12.5. The molecule has 3 aliphatic rings. The van der Waals surface area contributed by atoms with Crippen molar-refractivity contribution in [1.82, 2.24) is 10.2 Å². The van der Waals surface area contributed by atoms with Crippen molar-refractivity contribution < 1.29 is 14.7 Å². The fourth-order valence-corrected chi connectivity index (χ4v) is 4.76. The number of nitrogens with zero attached hydrogens (tertiary/aromatic N) is 1. The van der Waals surface area contributed by atoms with Gasteiger partial charge in [-0.3, -0.25) is 9.59 Å². The van der Waals surface area contributed by atoms with E-state index in [-0.39, 0.29) is 29.8 Å². The Labute approximate surface area is 145 Å². The molecule has 136 valence electrons. The highest BCUT2D eigenvalue weighted by Gasteiger charge is 2.39. The van der Waals surface area contributed by atoms with Gasteiger partial charge in [0.1, 0.15) is 0 Å². The highest BCUT2D eigenvalue weighted by atomic mass is 16.3. The Kier molecular flexibility index (Phi) is 5.80. The van der Waals surface area contributed by atoms with E-state index in [2.05, 4.69) is 5.32 Å². The Morgan fingerprint density at radius 1 is 1.12 bits per heavy atom. The van der Waals surface area contributed by atoms with Gasteiger partial charge in [0.25, 0.3) is 0 Å². The third kappa shape index (κ3) is 3.93. The Hall–Kier alpha value is -1.10. The zero-order chi connectivity index (χ0) is 17.0. The van der Waals surface area contributed by atoms with Crippen molar-refractivity contribution >= 4 is 11.8 Å². The largest absolute Gasteiger partial charge is 0.396 e. The number of amides is 2. The maximum Gasteiger partial charge on any atom is 0.225 e. The summed E-state index contributed by atoms with van der Waals surface area (Å²) >= 11 is 0. The second-order valence-corrected chi connectivity index (χ2v) is 8.18. The summed E-state index contributed by atoms with van der Waals surface area (Å²) in [6, 6.07) is 0.353. The molecule has 0 radical (unpaired) electrons. The first-order chi connectivity index (χ1) is 11.6. The number of carbonyl (C=O) groups excluding carboxylic acids is 2. The first kappa shape index (κ1) is 17.7. The van der Waals surface area contributed by atoms with Gasteiger partial charge >= 0.3 is 0 Å². The Balaban J connectivity index is 1.51. The Morgan fingerprint density at radius 2 is 1.79 bits per heavy atom. The zero-order valence-electron chi connectivity index (χ0n) is 14.8. The van der Waals surface area contributed by atoms with E-state index in [1.54, 1.807) is 0 Å². The minimum absolute atomic E-state index is 0.0000536. The zero-order valence-corrected chi connectivity index (χ0v) is 14.8. The lowest BCUT2D eigenvalue weighted by molar-refractivity contribution is -0.130. The molecule has 3 fully saturated rings. The highest BCUT2D eigenvalue weighted by molar-refractivity contribution is 5.89. The molecule has 1 atom stereocenters. The van der Waals surface area contributed by atoms with Gasteiger partial charge in [-0.2, -0.15) is 0 Å². The van der Waals surface area contributed by atoms with E-state index < -0.39 is 0 Å². The van der Waals surface area contributed by atoms with Crippen LogP contribution in [0.2, 0.25) is 0 Å². The first-order valence-corrected chi connectivity index (χ1v) is 9.82. The van der Waals surface area contributed by atoms with E-state index in [1.165, 1.54) is 25.7 Å². The van der Waals surface area contributed by atoms with Crippen LogP contribution in [0.1, 0.15) is 70.6 Å². The van der Waals surface area contributed by atoms with Gasteiger partial charge in [-0.25, -0.2) is 0 Å². The fourth-order valence-electron chi connectivity index (χ4n) is 4.76. The summed E-state index contributed by atoms with van der Waals surface area (Å²) in [5, 5.41) is 12.8. The minimum atomic E-state index is -0.209. The molecule has 1 saturated heterocycles. The van der Waals surface area contributed by atoms with Crippen molar-refractivity contribution in [3.63, 3.8) is 0 Å². The molecule has 0 aromatic heterocycles. The number of hydrogen-bond acceptors (Lipinski definition) is 3. The average Bonchev–Trinajstić information content (AvgIpc) is 3.03. The number of aliphatic hydroxyl groups is 1. The van der Waals surface area contributed by atoms with E-state index in [1.807, 2.05) is 4.90 Å². The molecule has 1 aliphatic heterocycles. The highest BCUT2D eigenvalue weighted by Crippen LogP contribution is 2.35. The van der Waals surface area contributed by atoms with Gasteiger partial charge in [-0.1, -0.05) is 38.5 Å². The number of carbonyl (C=O) groups is 2. The molecule has 0 aromatic carbocycles. The van der Waals surface area contributed by atoms with Crippen LogP contribution in [0.25, 0.3) is 0 Å². The van der Waals surface area contributed by atoms with Crippen LogP contribution in [0.5, 0.6) is 0 Å². The molecule has 5 nitrogen and oxygen atoms in total. The summed E-state index contributed by atoms with van der Waals surface area (Å²) < 4.78 is 0. The molecule has 0 aromatic rings. The van der Waals surface area contributed by atoms with Crippen LogP contribution in [0.15, 0.2) is 0 Å². The molecule has 2 N–H and O–H groups in total. The smallest absolute Gasteiger partial charge is 0.225 e. The monoisotopic (exact) mass is 336 g/mol. The second kappa shape index (κ2) is 7.85. The molecule has 2 aliphatic carbocycles. The van der Waals surface area contributed by atoms with Crippen molar-refractivity contribution in [2.75, 3.05) is 19.7 Å². The van der Waals surface area contributed by atoms with Gasteiger partial charge in [0, 0.05) is 31.0 Å². The number of likely N-dealkylation sites (tertiary alicyclic amines) is 1. The first-order valence-electron chi connectivity index (χ1n) is 9.82. The standard InChI is InChI=1S/C19H32N2O3/c22-14-19(9-5-2-6-10-19)13-20-18(24)15-11-17(23)21(12-15)16-7-3-1-4-8-16/h15-16,22H,1-14H2,(H,20,24). The third-order valence-electron chi connectivity index (χ3n) is 6.43. The molecule has 3 rings (SSSR count). The van der Waals surface area contributed by atoms with Crippen LogP contribution < -0.4 is 5.32 Å². The Bertz CT molecular complexity index is 454. The molecule has 24 heavy (non-hydrogen) atoms. The molecule has 5 heteroatoms. The second-order valence-electron chi connectivity index (χ2n) is 8.18.